The molecule has 0 aliphatic heterocycles. The summed E-state index contributed by atoms with van der Waals surface area (Å²) in [6.45, 7) is 0. The van der Waals surface area contributed by atoms with Gasteiger partial charge in [0.05, 0.1) is 11.8 Å². The van der Waals surface area contributed by atoms with E-state index in [9.17, 15) is 9.90 Å². The zero-order chi connectivity index (χ0) is 14.8. The molecule has 0 spiro atoms. The average Bonchev–Trinajstić information content (AvgIpc) is 2.97. The van der Waals surface area contributed by atoms with Crippen LogP contribution in [0.5, 0.6) is 0 Å². The highest BCUT2D eigenvalue weighted by molar-refractivity contribution is 9.10. The van der Waals surface area contributed by atoms with E-state index in [1.54, 1.807) is 12.3 Å². The third-order valence-electron chi connectivity index (χ3n) is 3.48. The molecular formula is C14H12BrN3O3. The summed E-state index contributed by atoms with van der Waals surface area (Å²) in [5.74, 6) is -0.967. The molecule has 0 aromatic carbocycles. The van der Waals surface area contributed by atoms with Gasteiger partial charge in [0.1, 0.15) is 5.69 Å². The van der Waals surface area contributed by atoms with Gasteiger partial charge in [0.2, 0.25) is 11.7 Å². The number of aliphatic carboxylic acids is 1. The van der Waals surface area contributed by atoms with Crippen molar-refractivity contribution in [1.29, 1.82) is 0 Å². The number of carbonyl (C=O) groups is 1. The maximum Gasteiger partial charge on any atom is 0.307 e. The summed E-state index contributed by atoms with van der Waals surface area (Å²) < 4.78 is 6.03. The highest BCUT2D eigenvalue weighted by Crippen LogP contribution is 2.35. The van der Waals surface area contributed by atoms with E-state index in [1.165, 1.54) is 0 Å². The second-order valence-corrected chi connectivity index (χ2v) is 5.64. The molecule has 0 amide bonds. The second-order valence-electron chi connectivity index (χ2n) is 4.78. The molecule has 0 bridgehead atoms. The minimum Gasteiger partial charge on any atom is -0.481 e. The van der Waals surface area contributed by atoms with Crippen LogP contribution in [0.15, 0.2) is 39.5 Å². The molecule has 0 saturated carbocycles. The molecule has 21 heavy (non-hydrogen) atoms. The largest absolute Gasteiger partial charge is 0.481 e. The van der Waals surface area contributed by atoms with Crippen molar-refractivity contribution in [2.45, 2.75) is 18.8 Å². The predicted octanol–water partition coefficient (Wildman–Crippen LogP) is 3.03. The Hall–Kier alpha value is -2.02. The summed E-state index contributed by atoms with van der Waals surface area (Å²) in [6.07, 6.45) is 6.53. The Labute approximate surface area is 129 Å². The van der Waals surface area contributed by atoms with Crippen LogP contribution in [0.4, 0.5) is 0 Å². The fourth-order valence-corrected chi connectivity index (χ4v) is 2.82. The lowest BCUT2D eigenvalue weighted by atomic mass is 9.83. The Morgan fingerprint density at radius 2 is 2.19 bits per heavy atom. The Kier molecular flexibility index (Phi) is 3.83. The van der Waals surface area contributed by atoms with Gasteiger partial charge < -0.3 is 9.63 Å². The summed E-state index contributed by atoms with van der Waals surface area (Å²) in [5.41, 5.74) is 0.575. The van der Waals surface area contributed by atoms with Crippen LogP contribution in [0.1, 0.15) is 24.7 Å². The van der Waals surface area contributed by atoms with Gasteiger partial charge in [0.15, 0.2) is 0 Å². The number of aromatic nitrogens is 3. The standard InChI is InChI=1S/C14H12BrN3O3/c15-10-6-3-7-16-11(10)12-17-13(21-18-12)8-4-1-2-5-9(8)14(19)20/h1-3,6-9H,4-5H2,(H,19,20)/t8-,9+/m1/s1. The number of carboxylic acid groups (broad SMARTS) is 1. The van der Waals surface area contributed by atoms with E-state index in [1.807, 2.05) is 18.2 Å². The SMILES string of the molecule is O=C(O)[C@H]1CC=CC[C@H]1c1nc(-c2ncccc2Br)no1. The van der Waals surface area contributed by atoms with Crippen LogP contribution in [0, 0.1) is 5.92 Å². The second kappa shape index (κ2) is 5.77. The molecule has 2 aromatic heterocycles. The van der Waals surface area contributed by atoms with E-state index in [4.69, 9.17) is 4.52 Å². The number of carboxylic acids is 1. The van der Waals surface area contributed by atoms with Gasteiger partial charge in [-0.3, -0.25) is 9.78 Å². The van der Waals surface area contributed by atoms with Crippen molar-refractivity contribution in [1.82, 2.24) is 15.1 Å². The van der Waals surface area contributed by atoms with Crippen LogP contribution in [0.3, 0.4) is 0 Å². The van der Waals surface area contributed by atoms with Crippen molar-refractivity contribution in [2.75, 3.05) is 0 Å². The first-order valence-corrected chi connectivity index (χ1v) is 7.28. The molecule has 0 fully saturated rings. The van der Waals surface area contributed by atoms with Crippen LogP contribution in [0.2, 0.25) is 0 Å². The van der Waals surface area contributed by atoms with E-state index >= 15 is 0 Å². The fraction of sp³-hybridized carbons (Fsp3) is 0.286. The number of halogens is 1. The highest BCUT2D eigenvalue weighted by atomic mass is 79.9. The van der Waals surface area contributed by atoms with Gasteiger partial charge in [0, 0.05) is 10.7 Å². The molecule has 2 atom stereocenters. The van der Waals surface area contributed by atoms with Crippen molar-refractivity contribution in [2.24, 2.45) is 5.92 Å². The zero-order valence-electron chi connectivity index (χ0n) is 10.9. The summed E-state index contributed by atoms with van der Waals surface area (Å²) >= 11 is 3.38. The number of pyridine rings is 1. The molecule has 3 rings (SSSR count). The van der Waals surface area contributed by atoms with Crippen LogP contribution in [0.25, 0.3) is 11.5 Å². The molecule has 1 aliphatic carbocycles. The first kappa shape index (κ1) is 13.9. The highest BCUT2D eigenvalue weighted by Gasteiger charge is 2.34. The van der Waals surface area contributed by atoms with Gasteiger partial charge >= 0.3 is 5.97 Å². The minimum atomic E-state index is -0.844. The van der Waals surface area contributed by atoms with Gasteiger partial charge in [-0.2, -0.15) is 4.98 Å². The van der Waals surface area contributed by atoms with Crippen LogP contribution in [-0.2, 0) is 4.79 Å². The quantitative estimate of drug-likeness (QED) is 0.856. The molecule has 0 radical (unpaired) electrons. The number of allylic oxidation sites excluding steroid dienone is 2. The van der Waals surface area contributed by atoms with Gasteiger partial charge in [-0.1, -0.05) is 17.3 Å². The average molecular weight is 350 g/mol. The van der Waals surface area contributed by atoms with Crippen molar-refractivity contribution < 1.29 is 14.4 Å². The first-order chi connectivity index (χ1) is 10.2. The van der Waals surface area contributed by atoms with Gasteiger partial charge in [-0.05, 0) is 40.9 Å². The fourth-order valence-electron chi connectivity index (χ4n) is 2.39. The molecule has 1 aliphatic rings. The number of hydrogen-bond donors (Lipinski definition) is 1. The number of rotatable bonds is 3. The van der Waals surface area contributed by atoms with Crippen molar-refractivity contribution in [3.63, 3.8) is 0 Å². The van der Waals surface area contributed by atoms with E-state index < -0.39 is 11.9 Å². The molecule has 6 nitrogen and oxygen atoms in total. The lowest BCUT2D eigenvalue weighted by Crippen LogP contribution is -2.23. The van der Waals surface area contributed by atoms with E-state index in [0.29, 0.717) is 30.3 Å². The Morgan fingerprint density at radius 1 is 1.38 bits per heavy atom. The van der Waals surface area contributed by atoms with Gasteiger partial charge in [-0.15, -0.1) is 0 Å². The molecule has 108 valence electrons. The molecule has 1 N–H and O–H groups in total. The Balaban J connectivity index is 1.93. The topological polar surface area (TPSA) is 89.1 Å². The Morgan fingerprint density at radius 3 is 2.95 bits per heavy atom. The molecule has 0 saturated heterocycles. The van der Waals surface area contributed by atoms with Crippen LogP contribution >= 0.6 is 15.9 Å². The zero-order valence-corrected chi connectivity index (χ0v) is 12.5. The molecular weight excluding hydrogens is 338 g/mol. The number of hydrogen-bond acceptors (Lipinski definition) is 5. The van der Waals surface area contributed by atoms with Crippen molar-refractivity contribution >= 4 is 21.9 Å². The van der Waals surface area contributed by atoms with E-state index in [-0.39, 0.29) is 5.92 Å². The number of nitrogens with zero attached hydrogens (tertiary/aromatic N) is 3. The lowest BCUT2D eigenvalue weighted by Gasteiger charge is -2.21. The predicted molar refractivity (Wildman–Crippen MR) is 77.5 cm³/mol. The maximum atomic E-state index is 11.3. The summed E-state index contributed by atoms with van der Waals surface area (Å²) in [7, 11) is 0. The summed E-state index contributed by atoms with van der Waals surface area (Å²) in [6, 6.07) is 3.63. The normalized spacial score (nSPS) is 21.4. The third kappa shape index (κ3) is 2.73. The van der Waals surface area contributed by atoms with Crippen molar-refractivity contribution in [3.8, 4) is 11.5 Å². The maximum absolute atomic E-state index is 11.3. The summed E-state index contributed by atoms with van der Waals surface area (Å²) in [5, 5.41) is 13.2. The first-order valence-electron chi connectivity index (χ1n) is 6.49. The van der Waals surface area contributed by atoms with E-state index in [2.05, 4.69) is 31.1 Å². The lowest BCUT2D eigenvalue weighted by molar-refractivity contribution is -0.142. The van der Waals surface area contributed by atoms with Crippen LogP contribution < -0.4 is 0 Å². The van der Waals surface area contributed by atoms with Crippen LogP contribution in [-0.4, -0.2) is 26.2 Å². The monoisotopic (exact) mass is 349 g/mol. The minimum absolute atomic E-state index is 0.295. The molecule has 7 heteroatoms. The smallest absolute Gasteiger partial charge is 0.307 e. The molecule has 0 unspecified atom stereocenters. The van der Waals surface area contributed by atoms with E-state index in [0.717, 1.165) is 4.47 Å². The van der Waals surface area contributed by atoms with Crippen molar-refractivity contribution in [3.05, 3.63) is 40.8 Å². The third-order valence-corrected chi connectivity index (χ3v) is 4.12. The molecule has 2 aromatic rings. The summed E-state index contributed by atoms with van der Waals surface area (Å²) in [4.78, 5) is 19.9. The Bertz CT molecular complexity index is 698. The van der Waals surface area contributed by atoms with Gasteiger partial charge in [0.25, 0.3) is 0 Å². The molecule has 2 heterocycles. The van der Waals surface area contributed by atoms with Gasteiger partial charge in [-0.25, -0.2) is 0 Å².